The minimum absolute atomic E-state index is 0.0678. The van der Waals surface area contributed by atoms with Crippen molar-refractivity contribution in [2.24, 2.45) is 5.92 Å². The Balaban J connectivity index is 1.85. The van der Waals surface area contributed by atoms with Gasteiger partial charge in [-0.05, 0) is 42.3 Å². The number of aliphatic hydroxyl groups is 1. The molecule has 0 radical (unpaired) electrons. The number of hydrogen-bond acceptors (Lipinski definition) is 9. The van der Waals surface area contributed by atoms with E-state index in [-0.39, 0.29) is 23.5 Å². The van der Waals surface area contributed by atoms with Crippen LogP contribution in [0.3, 0.4) is 0 Å². The third kappa shape index (κ3) is 6.10. The van der Waals surface area contributed by atoms with Crippen molar-refractivity contribution >= 4 is 27.6 Å². The fourth-order valence-electron chi connectivity index (χ4n) is 2.68. The lowest BCUT2D eigenvalue weighted by atomic mass is 10.1. The number of nitrogens with zero attached hydrogens (tertiary/aromatic N) is 3. The second-order valence-corrected chi connectivity index (χ2v) is 8.55. The number of nitrogens with one attached hydrogen (secondary N) is 3. The standard InChI is InChI=1S/C20H24N6O4S/c1-13(2)18(12-27)23-20-22-17(14-7-9-21-10-8-14)11-19(24-20)26-25-15-3-5-16(6-4-15)31(28,29)30/h3-11,13,18,25,27H,12H2,1-2H3,(H,28,29,30)(H2,22,23,24,26)/t18-/m1/s1. The first-order valence-corrected chi connectivity index (χ1v) is 11.0. The van der Waals surface area contributed by atoms with Crippen LogP contribution in [0.4, 0.5) is 17.5 Å². The van der Waals surface area contributed by atoms with E-state index in [4.69, 9.17) is 4.55 Å². The van der Waals surface area contributed by atoms with Gasteiger partial charge < -0.3 is 10.4 Å². The molecule has 0 saturated carbocycles. The zero-order valence-corrected chi connectivity index (χ0v) is 17.8. The van der Waals surface area contributed by atoms with Gasteiger partial charge in [0.05, 0.1) is 28.9 Å². The predicted octanol–water partition coefficient (Wildman–Crippen LogP) is 2.65. The average Bonchev–Trinajstić information content (AvgIpc) is 2.76. The average molecular weight is 445 g/mol. The Hall–Kier alpha value is -3.28. The molecule has 0 bridgehead atoms. The molecule has 0 aliphatic rings. The van der Waals surface area contributed by atoms with Crippen LogP contribution in [0.2, 0.25) is 0 Å². The van der Waals surface area contributed by atoms with Gasteiger partial charge in [0, 0.05) is 24.0 Å². The zero-order valence-electron chi connectivity index (χ0n) is 17.0. The molecule has 3 aromatic rings. The van der Waals surface area contributed by atoms with E-state index in [0.29, 0.717) is 23.1 Å². The minimum atomic E-state index is -4.25. The summed E-state index contributed by atoms with van der Waals surface area (Å²) in [6, 6.07) is 10.7. The summed E-state index contributed by atoms with van der Waals surface area (Å²) in [5, 5.41) is 12.8. The van der Waals surface area contributed by atoms with Crippen LogP contribution < -0.4 is 16.2 Å². The van der Waals surface area contributed by atoms with Crippen molar-refractivity contribution in [2.45, 2.75) is 24.8 Å². The quantitative estimate of drug-likeness (QED) is 0.246. The van der Waals surface area contributed by atoms with E-state index in [1.165, 1.54) is 24.3 Å². The van der Waals surface area contributed by atoms with E-state index < -0.39 is 10.1 Å². The minimum Gasteiger partial charge on any atom is -0.394 e. The molecule has 0 aliphatic heterocycles. The third-order valence-electron chi connectivity index (χ3n) is 4.51. The number of aliphatic hydroxyl groups excluding tert-OH is 1. The first kappa shape index (κ1) is 22.4. The highest BCUT2D eigenvalue weighted by Crippen LogP contribution is 2.22. The zero-order chi connectivity index (χ0) is 22.4. The second kappa shape index (κ2) is 9.69. The smallest absolute Gasteiger partial charge is 0.294 e. The van der Waals surface area contributed by atoms with Crippen molar-refractivity contribution in [3.8, 4) is 11.3 Å². The molecule has 1 atom stereocenters. The predicted molar refractivity (Wildman–Crippen MR) is 118 cm³/mol. The van der Waals surface area contributed by atoms with Crippen LogP contribution in [0.25, 0.3) is 11.3 Å². The van der Waals surface area contributed by atoms with Crippen molar-refractivity contribution in [1.82, 2.24) is 15.0 Å². The number of pyridine rings is 1. The molecule has 1 aromatic carbocycles. The molecule has 0 unspecified atom stereocenters. The molecular formula is C20H24N6O4S. The lowest BCUT2D eigenvalue weighted by molar-refractivity contribution is 0.248. The van der Waals surface area contributed by atoms with Crippen molar-refractivity contribution < 1.29 is 18.1 Å². The Kier molecular flexibility index (Phi) is 7.00. The number of hydrogen-bond donors (Lipinski definition) is 5. The highest BCUT2D eigenvalue weighted by atomic mass is 32.2. The topological polar surface area (TPSA) is 149 Å². The highest BCUT2D eigenvalue weighted by molar-refractivity contribution is 7.85. The van der Waals surface area contributed by atoms with Crippen molar-refractivity contribution in [2.75, 3.05) is 22.8 Å². The van der Waals surface area contributed by atoms with Crippen LogP contribution in [0.15, 0.2) is 59.8 Å². The first-order chi connectivity index (χ1) is 14.8. The van der Waals surface area contributed by atoms with E-state index in [0.717, 1.165) is 5.56 Å². The summed E-state index contributed by atoms with van der Waals surface area (Å²) in [7, 11) is -4.25. The second-order valence-electron chi connectivity index (χ2n) is 7.12. The van der Waals surface area contributed by atoms with E-state index in [1.54, 1.807) is 18.5 Å². The Morgan fingerprint density at radius 3 is 2.26 bits per heavy atom. The summed E-state index contributed by atoms with van der Waals surface area (Å²) in [6.45, 7) is 3.90. The van der Waals surface area contributed by atoms with E-state index in [9.17, 15) is 13.5 Å². The molecule has 10 nitrogen and oxygen atoms in total. The molecule has 11 heteroatoms. The highest BCUT2D eigenvalue weighted by Gasteiger charge is 2.15. The Morgan fingerprint density at radius 1 is 1.00 bits per heavy atom. The van der Waals surface area contributed by atoms with Crippen molar-refractivity contribution in [3.63, 3.8) is 0 Å². The van der Waals surface area contributed by atoms with Gasteiger partial charge in [-0.15, -0.1) is 0 Å². The van der Waals surface area contributed by atoms with Crippen molar-refractivity contribution in [3.05, 3.63) is 54.9 Å². The number of aromatic nitrogens is 3. The molecule has 5 N–H and O–H groups in total. The molecule has 0 fully saturated rings. The van der Waals surface area contributed by atoms with Gasteiger partial charge in [0.2, 0.25) is 5.95 Å². The lowest BCUT2D eigenvalue weighted by Gasteiger charge is -2.21. The fourth-order valence-corrected chi connectivity index (χ4v) is 3.16. The molecular weight excluding hydrogens is 420 g/mol. The monoisotopic (exact) mass is 444 g/mol. The van der Waals surface area contributed by atoms with Gasteiger partial charge in [-0.2, -0.15) is 13.4 Å². The van der Waals surface area contributed by atoms with Gasteiger partial charge in [0.1, 0.15) is 0 Å². The van der Waals surface area contributed by atoms with Crippen LogP contribution in [0, 0.1) is 5.92 Å². The molecule has 0 spiro atoms. The Bertz CT molecular complexity index is 1110. The Labute approximate surface area is 180 Å². The lowest BCUT2D eigenvalue weighted by Crippen LogP contribution is -2.30. The van der Waals surface area contributed by atoms with Crippen LogP contribution in [0.5, 0.6) is 0 Å². The van der Waals surface area contributed by atoms with Gasteiger partial charge >= 0.3 is 0 Å². The van der Waals surface area contributed by atoms with E-state index >= 15 is 0 Å². The normalized spacial score (nSPS) is 12.4. The molecule has 164 valence electrons. The number of rotatable bonds is 9. The van der Waals surface area contributed by atoms with E-state index in [2.05, 4.69) is 31.1 Å². The van der Waals surface area contributed by atoms with Crippen LogP contribution in [-0.4, -0.2) is 45.7 Å². The molecule has 0 saturated heterocycles. The summed E-state index contributed by atoms with van der Waals surface area (Å²) >= 11 is 0. The molecule has 0 amide bonds. The maximum Gasteiger partial charge on any atom is 0.294 e. The van der Waals surface area contributed by atoms with Crippen LogP contribution in [0.1, 0.15) is 13.8 Å². The van der Waals surface area contributed by atoms with Gasteiger partial charge in [-0.25, -0.2) is 4.98 Å². The van der Waals surface area contributed by atoms with Crippen LogP contribution >= 0.6 is 0 Å². The van der Waals surface area contributed by atoms with Crippen molar-refractivity contribution in [1.29, 1.82) is 0 Å². The number of hydrazine groups is 1. The number of anilines is 3. The summed E-state index contributed by atoms with van der Waals surface area (Å²) in [6.07, 6.45) is 3.33. The fraction of sp³-hybridized carbons (Fsp3) is 0.250. The van der Waals surface area contributed by atoms with Gasteiger partial charge in [-0.1, -0.05) is 13.8 Å². The van der Waals surface area contributed by atoms with Gasteiger partial charge in [0.25, 0.3) is 10.1 Å². The maximum absolute atomic E-state index is 11.2. The summed E-state index contributed by atoms with van der Waals surface area (Å²) in [5.74, 6) is 0.950. The molecule has 2 aromatic heterocycles. The summed E-state index contributed by atoms with van der Waals surface area (Å²) in [5.41, 5.74) is 7.93. The molecule has 31 heavy (non-hydrogen) atoms. The summed E-state index contributed by atoms with van der Waals surface area (Å²) < 4.78 is 31.4. The van der Waals surface area contributed by atoms with E-state index in [1.807, 2.05) is 26.0 Å². The first-order valence-electron chi connectivity index (χ1n) is 9.52. The largest absolute Gasteiger partial charge is 0.394 e. The third-order valence-corrected chi connectivity index (χ3v) is 5.37. The molecule has 3 rings (SSSR count). The Morgan fingerprint density at radius 2 is 1.68 bits per heavy atom. The molecule has 2 heterocycles. The van der Waals surface area contributed by atoms with Gasteiger partial charge in [0.15, 0.2) is 5.82 Å². The SMILES string of the molecule is CC(C)[C@@H](CO)Nc1nc(NNc2ccc(S(=O)(=O)O)cc2)cc(-c2ccncc2)n1. The maximum atomic E-state index is 11.2. The van der Waals surface area contributed by atoms with Gasteiger partial charge in [-0.3, -0.25) is 20.4 Å². The number of benzene rings is 1. The summed E-state index contributed by atoms with van der Waals surface area (Å²) in [4.78, 5) is 12.8. The van der Waals surface area contributed by atoms with Crippen LogP contribution in [-0.2, 0) is 10.1 Å². The molecule has 0 aliphatic carbocycles.